The van der Waals surface area contributed by atoms with Crippen molar-refractivity contribution in [3.05, 3.63) is 48.2 Å². The summed E-state index contributed by atoms with van der Waals surface area (Å²) in [5.41, 5.74) is 2.72. The maximum absolute atomic E-state index is 12.4. The summed E-state index contributed by atoms with van der Waals surface area (Å²) in [5.74, 6) is 0.129. The van der Waals surface area contributed by atoms with Crippen molar-refractivity contribution in [2.24, 2.45) is 0 Å². The van der Waals surface area contributed by atoms with Crippen molar-refractivity contribution < 1.29 is 9.59 Å². The van der Waals surface area contributed by atoms with E-state index in [0.717, 1.165) is 15.8 Å². The van der Waals surface area contributed by atoms with Crippen molar-refractivity contribution in [1.29, 1.82) is 0 Å². The summed E-state index contributed by atoms with van der Waals surface area (Å²) in [6, 6.07) is 10.9. The van der Waals surface area contributed by atoms with Gasteiger partial charge in [0.1, 0.15) is 0 Å². The van der Waals surface area contributed by atoms with Gasteiger partial charge >= 0.3 is 0 Å². The normalized spacial score (nSPS) is 13.5. The topological polar surface area (TPSA) is 86.9 Å². The van der Waals surface area contributed by atoms with Crippen LogP contribution in [0.15, 0.2) is 47.5 Å². The monoisotopic (exact) mass is 324 g/mol. The predicted molar refractivity (Wildman–Crippen MR) is 89.8 cm³/mol. The largest absolute Gasteiger partial charge is 0.324 e. The molecule has 7 heteroatoms. The van der Waals surface area contributed by atoms with Crippen molar-refractivity contribution >= 4 is 45.9 Å². The molecule has 1 aliphatic heterocycles. The summed E-state index contributed by atoms with van der Waals surface area (Å²) in [6.45, 7) is 0. The summed E-state index contributed by atoms with van der Waals surface area (Å²) in [7, 11) is 0. The molecule has 114 valence electrons. The fourth-order valence-corrected chi connectivity index (χ4v) is 3.23. The molecule has 0 unspecified atom stereocenters. The second-order valence-electron chi connectivity index (χ2n) is 5.17. The molecule has 0 saturated carbocycles. The number of carbonyl (C=O) groups excluding carboxylic acids is 2. The number of carbonyl (C=O) groups is 2. The van der Waals surface area contributed by atoms with E-state index in [1.54, 1.807) is 18.3 Å². The van der Waals surface area contributed by atoms with E-state index < -0.39 is 0 Å². The van der Waals surface area contributed by atoms with E-state index in [0.29, 0.717) is 22.7 Å². The molecule has 0 atom stereocenters. The Hall–Kier alpha value is -2.80. The number of hydrogen-bond acceptors (Lipinski definition) is 4. The van der Waals surface area contributed by atoms with Crippen molar-refractivity contribution in [3.8, 4) is 0 Å². The Bertz CT molecular complexity index is 935. The van der Waals surface area contributed by atoms with Gasteiger partial charge in [0.15, 0.2) is 0 Å². The number of anilines is 2. The van der Waals surface area contributed by atoms with Gasteiger partial charge in [-0.15, -0.1) is 11.8 Å². The van der Waals surface area contributed by atoms with E-state index in [4.69, 9.17) is 0 Å². The number of aromatic amines is 1. The van der Waals surface area contributed by atoms with E-state index in [1.165, 1.54) is 11.8 Å². The number of amides is 2. The third kappa shape index (κ3) is 2.66. The third-order valence-electron chi connectivity index (χ3n) is 3.57. The quantitative estimate of drug-likeness (QED) is 0.676. The number of fused-ring (bicyclic) bond motifs is 2. The molecule has 0 spiro atoms. The van der Waals surface area contributed by atoms with Crippen LogP contribution < -0.4 is 10.6 Å². The molecule has 3 N–H and O–H groups in total. The molecule has 0 fully saturated rings. The van der Waals surface area contributed by atoms with E-state index >= 15 is 0 Å². The Morgan fingerprint density at radius 3 is 3.04 bits per heavy atom. The summed E-state index contributed by atoms with van der Waals surface area (Å²) in [5, 5.41) is 13.4. The molecule has 2 amide bonds. The highest BCUT2D eigenvalue weighted by molar-refractivity contribution is 8.00. The summed E-state index contributed by atoms with van der Waals surface area (Å²) >= 11 is 1.47. The lowest BCUT2D eigenvalue weighted by Gasteiger charge is -2.17. The number of aromatic nitrogens is 2. The van der Waals surface area contributed by atoms with E-state index in [2.05, 4.69) is 20.8 Å². The molecule has 3 aromatic rings. The van der Waals surface area contributed by atoms with E-state index in [-0.39, 0.29) is 11.8 Å². The first-order chi connectivity index (χ1) is 11.2. The minimum atomic E-state index is -0.225. The summed E-state index contributed by atoms with van der Waals surface area (Å²) < 4.78 is 0. The number of nitrogens with zero attached hydrogens (tertiary/aromatic N) is 1. The van der Waals surface area contributed by atoms with Crippen molar-refractivity contribution in [3.63, 3.8) is 0 Å². The second-order valence-corrected chi connectivity index (χ2v) is 6.19. The maximum atomic E-state index is 12.4. The highest BCUT2D eigenvalue weighted by Gasteiger charge is 2.17. The first kappa shape index (κ1) is 13.8. The van der Waals surface area contributed by atoms with Crippen LogP contribution in [-0.4, -0.2) is 27.8 Å². The van der Waals surface area contributed by atoms with Crippen LogP contribution in [0.5, 0.6) is 0 Å². The number of H-pyrrole nitrogens is 1. The van der Waals surface area contributed by atoms with Gasteiger partial charge in [0, 0.05) is 21.5 Å². The molecular formula is C16H12N4O2S. The molecule has 23 heavy (non-hydrogen) atoms. The van der Waals surface area contributed by atoms with Crippen LogP contribution in [0.3, 0.4) is 0 Å². The Labute approximate surface area is 135 Å². The summed E-state index contributed by atoms with van der Waals surface area (Å²) in [4.78, 5) is 24.8. The van der Waals surface area contributed by atoms with E-state index in [1.807, 2.05) is 24.3 Å². The summed E-state index contributed by atoms with van der Waals surface area (Å²) in [6.07, 6.45) is 1.73. The minimum Gasteiger partial charge on any atom is -0.324 e. The Balaban J connectivity index is 1.59. The van der Waals surface area contributed by atoms with Crippen LogP contribution in [0.4, 0.5) is 11.4 Å². The van der Waals surface area contributed by atoms with Crippen molar-refractivity contribution in [2.75, 3.05) is 16.4 Å². The first-order valence-electron chi connectivity index (χ1n) is 7.00. The van der Waals surface area contributed by atoms with Gasteiger partial charge in [0.2, 0.25) is 5.91 Å². The van der Waals surface area contributed by atoms with Gasteiger partial charge in [-0.3, -0.25) is 14.7 Å². The zero-order chi connectivity index (χ0) is 15.8. The van der Waals surface area contributed by atoms with Crippen molar-refractivity contribution in [2.45, 2.75) is 4.90 Å². The molecule has 0 aliphatic carbocycles. The van der Waals surface area contributed by atoms with Crippen LogP contribution in [0.2, 0.25) is 0 Å². The van der Waals surface area contributed by atoms with E-state index in [9.17, 15) is 9.59 Å². The van der Waals surface area contributed by atoms with Crippen LogP contribution in [0.1, 0.15) is 10.4 Å². The molecule has 0 bridgehead atoms. The Morgan fingerprint density at radius 1 is 1.22 bits per heavy atom. The SMILES string of the molecule is O=C1CSc2ccc(C(=O)Nc3ccc4cn[nH]c4c3)cc2N1. The lowest BCUT2D eigenvalue weighted by Crippen LogP contribution is -2.19. The van der Waals surface area contributed by atoms with Gasteiger partial charge in [0.05, 0.1) is 23.2 Å². The van der Waals surface area contributed by atoms with Crippen LogP contribution in [0.25, 0.3) is 10.9 Å². The average Bonchev–Trinajstić information content (AvgIpc) is 3.01. The van der Waals surface area contributed by atoms with Crippen LogP contribution >= 0.6 is 11.8 Å². The molecule has 1 aliphatic rings. The number of hydrogen-bond donors (Lipinski definition) is 3. The number of thioether (sulfide) groups is 1. The third-order valence-corrected chi connectivity index (χ3v) is 4.65. The number of nitrogens with one attached hydrogen (secondary N) is 3. The fraction of sp³-hybridized carbons (Fsp3) is 0.0625. The van der Waals surface area contributed by atoms with Gasteiger partial charge in [0.25, 0.3) is 5.91 Å². The fourth-order valence-electron chi connectivity index (χ4n) is 2.44. The Morgan fingerprint density at radius 2 is 2.13 bits per heavy atom. The van der Waals surface area contributed by atoms with Crippen LogP contribution in [0, 0.1) is 0 Å². The highest BCUT2D eigenvalue weighted by atomic mass is 32.2. The van der Waals surface area contributed by atoms with Gasteiger partial charge in [-0.1, -0.05) is 0 Å². The van der Waals surface area contributed by atoms with Gasteiger partial charge in [-0.2, -0.15) is 5.10 Å². The smallest absolute Gasteiger partial charge is 0.255 e. The lowest BCUT2D eigenvalue weighted by atomic mass is 10.1. The Kier molecular flexibility index (Phi) is 3.27. The van der Waals surface area contributed by atoms with Gasteiger partial charge in [-0.05, 0) is 36.4 Å². The highest BCUT2D eigenvalue weighted by Crippen LogP contribution is 2.32. The average molecular weight is 324 g/mol. The minimum absolute atomic E-state index is 0.0512. The van der Waals surface area contributed by atoms with Crippen LogP contribution in [-0.2, 0) is 4.79 Å². The number of rotatable bonds is 2. The molecule has 4 rings (SSSR count). The molecule has 0 radical (unpaired) electrons. The molecule has 0 saturated heterocycles. The first-order valence-corrected chi connectivity index (χ1v) is 7.99. The molecule has 1 aromatic heterocycles. The molecule has 2 aromatic carbocycles. The molecular weight excluding hydrogens is 312 g/mol. The van der Waals surface area contributed by atoms with Gasteiger partial charge < -0.3 is 10.6 Å². The molecule has 2 heterocycles. The lowest BCUT2D eigenvalue weighted by molar-refractivity contribution is -0.113. The predicted octanol–water partition coefficient (Wildman–Crippen LogP) is 2.86. The number of benzene rings is 2. The van der Waals surface area contributed by atoms with Crippen molar-refractivity contribution in [1.82, 2.24) is 10.2 Å². The maximum Gasteiger partial charge on any atom is 0.255 e. The zero-order valence-corrected chi connectivity index (χ0v) is 12.7. The zero-order valence-electron chi connectivity index (χ0n) is 11.9. The molecule has 6 nitrogen and oxygen atoms in total. The second kappa shape index (κ2) is 5.44. The standard InChI is InChI=1S/C16H12N4O2S/c21-15-8-23-14-4-2-9(5-13(14)19-15)16(22)18-11-3-1-10-7-17-20-12(10)6-11/h1-7H,8H2,(H,17,20)(H,18,22)(H,19,21). The van der Waals surface area contributed by atoms with Gasteiger partial charge in [-0.25, -0.2) is 0 Å².